The molecule has 0 bridgehead atoms. The van der Waals surface area contributed by atoms with Crippen LogP contribution >= 0.6 is 0 Å². The summed E-state index contributed by atoms with van der Waals surface area (Å²) in [5.41, 5.74) is 2.01. The monoisotopic (exact) mass is 277 g/mol. The van der Waals surface area contributed by atoms with Gasteiger partial charge in [0.2, 0.25) is 0 Å². The number of aryl methyl sites for hydroxylation is 1. The fraction of sp³-hybridized carbons (Fsp3) is 0.647. The van der Waals surface area contributed by atoms with Crippen molar-refractivity contribution in [3.63, 3.8) is 0 Å². The Morgan fingerprint density at radius 3 is 2.40 bits per heavy atom. The zero-order valence-electron chi connectivity index (χ0n) is 12.8. The molecule has 0 amide bonds. The van der Waals surface area contributed by atoms with Gasteiger partial charge in [0, 0.05) is 0 Å². The highest BCUT2D eigenvalue weighted by molar-refractivity contribution is 5.37. The third-order valence-corrected chi connectivity index (χ3v) is 3.79. The molecular formula is C17H27NO2. The average Bonchev–Trinajstić information content (AvgIpc) is 2.46. The van der Waals surface area contributed by atoms with Crippen LogP contribution in [0.3, 0.4) is 0 Å². The van der Waals surface area contributed by atoms with E-state index in [2.05, 4.69) is 12.1 Å². The number of benzene rings is 1. The maximum absolute atomic E-state index is 10.7. The van der Waals surface area contributed by atoms with Gasteiger partial charge in [-0.15, -0.1) is 0 Å². The van der Waals surface area contributed by atoms with Gasteiger partial charge in [0.05, 0.1) is 0 Å². The summed E-state index contributed by atoms with van der Waals surface area (Å²) in [6, 6.07) is 4.89. The van der Waals surface area contributed by atoms with Gasteiger partial charge in [0.25, 0.3) is 0 Å². The number of hydrogen-bond donors (Lipinski definition) is 1. The molecule has 112 valence electrons. The van der Waals surface area contributed by atoms with Crippen molar-refractivity contribution in [1.82, 2.24) is 0 Å². The van der Waals surface area contributed by atoms with E-state index in [4.69, 9.17) is 0 Å². The van der Waals surface area contributed by atoms with E-state index >= 15 is 0 Å². The van der Waals surface area contributed by atoms with Crippen molar-refractivity contribution in [2.75, 3.05) is 0 Å². The lowest BCUT2D eigenvalue weighted by atomic mass is 9.96. The van der Waals surface area contributed by atoms with E-state index in [9.17, 15) is 10.0 Å². The molecule has 3 heteroatoms. The molecule has 0 heterocycles. The zero-order chi connectivity index (χ0) is 14.8. The number of nitrogens with zero attached hydrogens (tertiary/aromatic N) is 1. The highest BCUT2D eigenvalue weighted by Crippen LogP contribution is 2.26. The van der Waals surface area contributed by atoms with Gasteiger partial charge >= 0.3 is 0 Å². The third-order valence-electron chi connectivity index (χ3n) is 3.79. The van der Waals surface area contributed by atoms with Gasteiger partial charge in [-0.25, -0.2) is 0 Å². The Hall–Kier alpha value is -1.38. The van der Waals surface area contributed by atoms with Crippen LogP contribution in [-0.4, -0.2) is 5.11 Å². The van der Waals surface area contributed by atoms with E-state index in [1.54, 1.807) is 19.1 Å². The molecule has 1 N–H and O–H groups in total. The lowest BCUT2D eigenvalue weighted by Gasteiger charge is -2.11. The Balaban J connectivity index is 2.41. The number of phenolic OH excluding ortho intramolecular Hbond substituents is 1. The molecule has 1 unspecified atom stereocenters. The predicted molar refractivity (Wildman–Crippen MR) is 84.0 cm³/mol. The van der Waals surface area contributed by atoms with E-state index in [0.29, 0.717) is 0 Å². The van der Waals surface area contributed by atoms with Crippen LogP contribution in [0.1, 0.15) is 76.0 Å². The van der Waals surface area contributed by atoms with Gasteiger partial charge in [0.1, 0.15) is 11.8 Å². The number of unbranched alkanes of at least 4 members (excludes halogenated alkanes) is 6. The first kappa shape index (κ1) is 16.7. The molecule has 1 aromatic carbocycles. The van der Waals surface area contributed by atoms with Crippen LogP contribution in [0.5, 0.6) is 5.75 Å². The summed E-state index contributed by atoms with van der Waals surface area (Å²) in [6.07, 6.45) is 9.90. The fourth-order valence-electron chi connectivity index (χ4n) is 2.53. The Kier molecular flexibility index (Phi) is 7.93. The second-order valence-electron chi connectivity index (χ2n) is 5.54. The topological polar surface area (TPSA) is 49.7 Å². The summed E-state index contributed by atoms with van der Waals surface area (Å²) in [4.78, 5) is 10.7. The Bertz CT molecular complexity index is 404. The number of phenols is 1. The molecule has 0 aliphatic carbocycles. The van der Waals surface area contributed by atoms with Crippen LogP contribution in [0.2, 0.25) is 0 Å². The van der Waals surface area contributed by atoms with Crippen LogP contribution in [0.15, 0.2) is 23.4 Å². The van der Waals surface area contributed by atoms with Crippen molar-refractivity contribution in [3.05, 3.63) is 34.2 Å². The number of aromatic hydroxyl groups is 1. The SMILES string of the molecule is CCCCCCCCCc1ccc(O)cc1C(C)N=O. The first-order valence-electron chi connectivity index (χ1n) is 7.83. The standard InChI is InChI=1S/C17H27NO2/c1-3-4-5-6-7-8-9-10-15-11-12-16(19)13-17(15)14(2)18-20/h11-14,19H,3-10H2,1-2H3. The summed E-state index contributed by atoms with van der Waals surface area (Å²) >= 11 is 0. The minimum absolute atomic E-state index is 0.207. The molecule has 0 fully saturated rings. The summed E-state index contributed by atoms with van der Waals surface area (Å²) in [7, 11) is 0. The Labute approximate surface area is 122 Å². The molecule has 1 aromatic rings. The molecule has 1 atom stereocenters. The Morgan fingerprint density at radius 1 is 1.10 bits per heavy atom. The Morgan fingerprint density at radius 2 is 1.75 bits per heavy atom. The van der Waals surface area contributed by atoms with Crippen LogP contribution in [0.4, 0.5) is 0 Å². The molecule has 0 saturated heterocycles. The van der Waals surface area contributed by atoms with E-state index in [1.165, 1.54) is 38.5 Å². The van der Waals surface area contributed by atoms with Crippen molar-refractivity contribution in [2.24, 2.45) is 5.18 Å². The number of nitroso groups, excluding NO2 is 1. The number of rotatable bonds is 10. The molecular weight excluding hydrogens is 250 g/mol. The van der Waals surface area contributed by atoms with E-state index < -0.39 is 0 Å². The summed E-state index contributed by atoms with van der Waals surface area (Å²) in [6.45, 7) is 4.00. The van der Waals surface area contributed by atoms with Crippen molar-refractivity contribution in [2.45, 2.75) is 71.3 Å². The summed E-state index contributed by atoms with van der Waals surface area (Å²) in [5, 5.41) is 12.6. The van der Waals surface area contributed by atoms with Crippen LogP contribution in [0, 0.1) is 4.91 Å². The predicted octanol–water partition coefficient (Wildman–Crippen LogP) is 5.51. The molecule has 20 heavy (non-hydrogen) atoms. The average molecular weight is 277 g/mol. The third kappa shape index (κ3) is 5.72. The lowest BCUT2D eigenvalue weighted by Crippen LogP contribution is -1.97. The highest BCUT2D eigenvalue weighted by Gasteiger charge is 2.11. The second kappa shape index (κ2) is 9.51. The molecule has 0 aliphatic rings. The van der Waals surface area contributed by atoms with E-state index in [-0.39, 0.29) is 11.8 Å². The summed E-state index contributed by atoms with van der Waals surface area (Å²) < 4.78 is 0. The second-order valence-corrected chi connectivity index (χ2v) is 5.54. The minimum atomic E-state index is -0.387. The quantitative estimate of drug-likeness (QED) is 0.452. The van der Waals surface area contributed by atoms with E-state index in [0.717, 1.165) is 24.0 Å². The molecule has 3 nitrogen and oxygen atoms in total. The van der Waals surface area contributed by atoms with Gasteiger partial charge in [-0.3, -0.25) is 0 Å². The highest BCUT2D eigenvalue weighted by atomic mass is 16.3. The first-order valence-corrected chi connectivity index (χ1v) is 7.83. The fourth-order valence-corrected chi connectivity index (χ4v) is 2.53. The minimum Gasteiger partial charge on any atom is -0.508 e. The molecule has 0 radical (unpaired) electrons. The lowest BCUT2D eigenvalue weighted by molar-refractivity contribution is 0.473. The van der Waals surface area contributed by atoms with Gasteiger partial charge in [-0.2, -0.15) is 4.91 Å². The molecule has 0 aromatic heterocycles. The van der Waals surface area contributed by atoms with Crippen molar-refractivity contribution < 1.29 is 5.11 Å². The molecule has 0 aliphatic heterocycles. The van der Waals surface area contributed by atoms with Crippen molar-refractivity contribution in [1.29, 1.82) is 0 Å². The molecule has 1 rings (SSSR count). The smallest absolute Gasteiger partial charge is 0.115 e. The van der Waals surface area contributed by atoms with Crippen molar-refractivity contribution in [3.8, 4) is 5.75 Å². The summed E-state index contributed by atoms with van der Waals surface area (Å²) in [5.74, 6) is 0.207. The van der Waals surface area contributed by atoms with Gasteiger partial charge in [-0.05, 0) is 43.0 Å². The van der Waals surface area contributed by atoms with Crippen molar-refractivity contribution >= 4 is 0 Å². The van der Waals surface area contributed by atoms with Gasteiger partial charge in [-0.1, -0.05) is 56.7 Å². The van der Waals surface area contributed by atoms with Gasteiger partial charge < -0.3 is 5.11 Å². The zero-order valence-corrected chi connectivity index (χ0v) is 12.8. The first-order chi connectivity index (χ1) is 9.69. The van der Waals surface area contributed by atoms with Crippen LogP contribution in [-0.2, 0) is 6.42 Å². The maximum atomic E-state index is 10.7. The largest absolute Gasteiger partial charge is 0.508 e. The van der Waals surface area contributed by atoms with E-state index in [1.807, 2.05) is 6.07 Å². The number of hydrogen-bond acceptors (Lipinski definition) is 3. The normalized spacial score (nSPS) is 12.3. The van der Waals surface area contributed by atoms with Crippen LogP contribution in [0.25, 0.3) is 0 Å². The van der Waals surface area contributed by atoms with Gasteiger partial charge in [0.15, 0.2) is 0 Å². The van der Waals surface area contributed by atoms with Crippen LogP contribution < -0.4 is 0 Å². The molecule has 0 saturated carbocycles. The molecule has 0 spiro atoms. The maximum Gasteiger partial charge on any atom is 0.115 e.